The van der Waals surface area contributed by atoms with Gasteiger partial charge in [0.15, 0.2) is 0 Å². The quantitative estimate of drug-likeness (QED) is 0.398. The molecule has 190 valence electrons. The molecule has 36 heavy (non-hydrogen) atoms. The van der Waals surface area contributed by atoms with Crippen molar-refractivity contribution in [1.82, 2.24) is 10.3 Å². The zero-order valence-electron chi connectivity index (χ0n) is 20.3. The largest absolute Gasteiger partial charge is 0.416 e. The molecule has 7 heteroatoms. The van der Waals surface area contributed by atoms with E-state index in [4.69, 9.17) is 0 Å². The van der Waals surface area contributed by atoms with E-state index in [1.54, 1.807) is 12.1 Å². The van der Waals surface area contributed by atoms with E-state index in [2.05, 4.69) is 38.7 Å². The van der Waals surface area contributed by atoms with Crippen molar-refractivity contribution in [3.63, 3.8) is 0 Å². The summed E-state index contributed by atoms with van der Waals surface area (Å²) in [6, 6.07) is 21.0. The Morgan fingerprint density at radius 1 is 0.806 bits per heavy atom. The summed E-state index contributed by atoms with van der Waals surface area (Å²) in [4.78, 5) is 6.79. The van der Waals surface area contributed by atoms with E-state index in [1.807, 2.05) is 30.5 Å². The van der Waals surface area contributed by atoms with Crippen LogP contribution in [0.2, 0.25) is 0 Å². The summed E-state index contributed by atoms with van der Waals surface area (Å²) in [6.07, 6.45) is 4.23. The fourth-order valence-corrected chi connectivity index (χ4v) is 5.52. The van der Waals surface area contributed by atoms with Crippen LogP contribution in [0.5, 0.6) is 0 Å². The number of nitrogens with zero attached hydrogens (tertiary/aromatic N) is 2. The van der Waals surface area contributed by atoms with E-state index < -0.39 is 11.7 Å². The van der Waals surface area contributed by atoms with Gasteiger partial charge in [-0.15, -0.1) is 0 Å². The minimum absolute atomic E-state index is 0.290. The van der Waals surface area contributed by atoms with Crippen LogP contribution in [0.25, 0.3) is 11.1 Å². The van der Waals surface area contributed by atoms with Gasteiger partial charge in [-0.1, -0.05) is 43.2 Å². The Morgan fingerprint density at radius 2 is 1.56 bits per heavy atom. The van der Waals surface area contributed by atoms with Crippen molar-refractivity contribution in [2.75, 3.05) is 23.3 Å². The fraction of sp³-hybridized carbons (Fsp3) is 0.414. The Bertz CT molecular complexity index is 1120. The first kappa shape index (κ1) is 24.6. The molecule has 2 N–H and O–H groups in total. The minimum Gasteiger partial charge on any atom is -0.370 e. The summed E-state index contributed by atoms with van der Waals surface area (Å²) < 4.78 is 38.9. The second kappa shape index (κ2) is 10.9. The maximum absolute atomic E-state index is 13.0. The third-order valence-corrected chi connectivity index (χ3v) is 7.40. The number of pyridine rings is 1. The van der Waals surface area contributed by atoms with Crippen LogP contribution in [-0.2, 0) is 6.18 Å². The van der Waals surface area contributed by atoms with Gasteiger partial charge in [0.1, 0.15) is 5.82 Å². The molecule has 0 spiro atoms. The van der Waals surface area contributed by atoms with Gasteiger partial charge in [-0.2, -0.15) is 13.2 Å². The van der Waals surface area contributed by atoms with Crippen molar-refractivity contribution in [2.45, 2.75) is 62.8 Å². The second-order valence-corrected chi connectivity index (χ2v) is 9.93. The second-order valence-electron chi connectivity index (χ2n) is 9.93. The molecule has 0 bridgehead atoms. The maximum Gasteiger partial charge on any atom is 0.416 e. The van der Waals surface area contributed by atoms with E-state index in [9.17, 15) is 13.2 Å². The van der Waals surface area contributed by atoms with Gasteiger partial charge in [0.05, 0.1) is 5.56 Å². The van der Waals surface area contributed by atoms with Crippen LogP contribution in [-0.4, -0.2) is 36.2 Å². The molecule has 3 atom stereocenters. The van der Waals surface area contributed by atoms with Crippen molar-refractivity contribution in [3.05, 3.63) is 78.5 Å². The summed E-state index contributed by atoms with van der Waals surface area (Å²) in [5, 5.41) is 7.60. The van der Waals surface area contributed by atoms with Gasteiger partial charge in [0.2, 0.25) is 0 Å². The lowest BCUT2D eigenvalue weighted by Gasteiger charge is -2.40. The predicted molar refractivity (Wildman–Crippen MR) is 139 cm³/mol. The summed E-state index contributed by atoms with van der Waals surface area (Å²) in [5.74, 6) is 0.894. The van der Waals surface area contributed by atoms with Gasteiger partial charge in [-0.05, 0) is 73.2 Å². The summed E-state index contributed by atoms with van der Waals surface area (Å²) >= 11 is 0. The molecule has 1 aromatic heterocycles. The van der Waals surface area contributed by atoms with E-state index in [0.717, 1.165) is 55.8 Å². The number of nitrogens with one attached hydrogen (secondary N) is 2. The molecule has 2 aliphatic rings. The van der Waals surface area contributed by atoms with Crippen molar-refractivity contribution in [2.24, 2.45) is 0 Å². The lowest BCUT2D eigenvalue weighted by Crippen LogP contribution is -2.55. The highest BCUT2D eigenvalue weighted by Crippen LogP contribution is 2.31. The lowest BCUT2D eigenvalue weighted by atomic mass is 9.89. The standard InChI is InChI=1S/C29H33F3N4/c30-29(31,32)23-12-14-25(15-13-23)36-18-6-9-24(20-36)34-26-10-4-5-11-27(26)35-28-19-22(16-17-33-28)21-7-2-1-3-8-21/h1-3,7-8,12-17,19,24,26-27,34H,4-6,9-11,18,20H2,(H,33,35)/t24-,26?,27?/m0/s1. The van der Waals surface area contributed by atoms with Crippen LogP contribution in [0.3, 0.4) is 0 Å². The first-order valence-corrected chi connectivity index (χ1v) is 12.9. The van der Waals surface area contributed by atoms with E-state index >= 15 is 0 Å². The summed E-state index contributed by atoms with van der Waals surface area (Å²) in [6.45, 7) is 1.67. The van der Waals surface area contributed by atoms with E-state index in [1.165, 1.54) is 30.5 Å². The summed E-state index contributed by atoms with van der Waals surface area (Å²) in [7, 11) is 0. The molecule has 4 nitrogen and oxygen atoms in total. The molecule has 2 fully saturated rings. The van der Waals surface area contributed by atoms with Crippen LogP contribution < -0.4 is 15.5 Å². The molecule has 1 saturated carbocycles. The number of piperidine rings is 1. The highest BCUT2D eigenvalue weighted by atomic mass is 19.4. The van der Waals surface area contributed by atoms with Gasteiger partial charge < -0.3 is 15.5 Å². The Morgan fingerprint density at radius 3 is 2.31 bits per heavy atom. The topological polar surface area (TPSA) is 40.2 Å². The van der Waals surface area contributed by atoms with Crippen LogP contribution >= 0.6 is 0 Å². The Kier molecular flexibility index (Phi) is 7.46. The minimum atomic E-state index is -4.30. The third-order valence-electron chi connectivity index (χ3n) is 7.40. The smallest absolute Gasteiger partial charge is 0.370 e. The monoisotopic (exact) mass is 494 g/mol. The molecule has 3 aromatic rings. The van der Waals surface area contributed by atoms with Crippen LogP contribution in [0.4, 0.5) is 24.7 Å². The molecule has 0 radical (unpaired) electrons. The number of benzene rings is 2. The predicted octanol–water partition coefficient (Wildman–Crippen LogP) is 6.75. The first-order chi connectivity index (χ1) is 17.5. The Labute approximate surface area is 210 Å². The number of hydrogen-bond acceptors (Lipinski definition) is 4. The maximum atomic E-state index is 13.0. The zero-order valence-corrected chi connectivity index (χ0v) is 20.3. The number of hydrogen-bond donors (Lipinski definition) is 2. The third kappa shape index (κ3) is 6.01. The molecular weight excluding hydrogens is 461 g/mol. The van der Waals surface area contributed by atoms with Gasteiger partial charge in [-0.25, -0.2) is 4.98 Å². The average molecular weight is 495 g/mol. The number of alkyl halides is 3. The molecule has 2 unspecified atom stereocenters. The van der Waals surface area contributed by atoms with Crippen molar-refractivity contribution < 1.29 is 13.2 Å². The number of rotatable bonds is 6. The van der Waals surface area contributed by atoms with E-state index in [0.29, 0.717) is 18.1 Å². The Balaban J connectivity index is 1.23. The molecule has 0 amide bonds. The zero-order chi connectivity index (χ0) is 25.0. The van der Waals surface area contributed by atoms with Crippen molar-refractivity contribution in [3.8, 4) is 11.1 Å². The highest BCUT2D eigenvalue weighted by Gasteiger charge is 2.31. The SMILES string of the molecule is FC(F)(F)c1ccc(N2CCC[C@H](NC3CCCCC3Nc3cc(-c4ccccc4)ccn3)C2)cc1. The molecule has 2 heterocycles. The molecule has 1 aliphatic carbocycles. The van der Waals surface area contributed by atoms with Crippen LogP contribution in [0.15, 0.2) is 72.9 Å². The van der Waals surface area contributed by atoms with Crippen molar-refractivity contribution in [1.29, 1.82) is 0 Å². The number of aromatic nitrogens is 1. The van der Waals surface area contributed by atoms with Crippen molar-refractivity contribution >= 4 is 11.5 Å². The fourth-order valence-electron chi connectivity index (χ4n) is 5.52. The molecule has 2 aromatic carbocycles. The molecular formula is C29H33F3N4. The highest BCUT2D eigenvalue weighted by molar-refractivity contribution is 5.66. The average Bonchev–Trinajstić information content (AvgIpc) is 2.90. The van der Waals surface area contributed by atoms with Gasteiger partial charge in [-0.3, -0.25) is 0 Å². The van der Waals surface area contributed by atoms with Gasteiger partial charge in [0.25, 0.3) is 0 Å². The molecule has 5 rings (SSSR count). The normalized spacial score (nSPS) is 22.9. The first-order valence-electron chi connectivity index (χ1n) is 12.9. The molecule has 1 saturated heterocycles. The Hall–Kier alpha value is -3.06. The van der Waals surface area contributed by atoms with E-state index in [-0.39, 0.29) is 0 Å². The summed E-state index contributed by atoms with van der Waals surface area (Å²) in [5.41, 5.74) is 2.58. The lowest BCUT2D eigenvalue weighted by molar-refractivity contribution is -0.137. The van der Waals surface area contributed by atoms with Gasteiger partial charge in [0, 0.05) is 43.1 Å². The number of halogens is 3. The molecule has 1 aliphatic heterocycles. The van der Waals surface area contributed by atoms with Crippen LogP contribution in [0.1, 0.15) is 44.1 Å². The van der Waals surface area contributed by atoms with Gasteiger partial charge >= 0.3 is 6.18 Å². The number of anilines is 2. The van der Waals surface area contributed by atoms with Crippen LogP contribution in [0, 0.1) is 0 Å².